The minimum atomic E-state index is -0.412. The first-order valence-electron chi connectivity index (χ1n) is 10.2. The molecule has 1 aliphatic heterocycles. The first kappa shape index (κ1) is 21.7. The van der Waals surface area contributed by atoms with Gasteiger partial charge in [0.2, 0.25) is 0 Å². The van der Waals surface area contributed by atoms with Crippen LogP contribution in [0.5, 0.6) is 0 Å². The van der Waals surface area contributed by atoms with E-state index >= 15 is 0 Å². The average Bonchev–Trinajstić information content (AvgIpc) is 3.41. The van der Waals surface area contributed by atoms with E-state index in [1.165, 1.54) is 12.1 Å². The molecule has 0 saturated carbocycles. The van der Waals surface area contributed by atoms with Crippen molar-refractivity contribution in [3.63, 3.8) is 0 Å². The highest BCUT2D eigenvalue weighted by Gasteiger charge is 2.42. The highest BCUT2D eigenvalue weighted by molar-refractivity contribution is 9.10. The van der Waals surface area contributed by atoms with Crippen LogP contribution in [0.2, 0.25) is 0 Å². The summed E-state index contributed by atoms with van der Waals surface area (Å²) in [5.41, 5.74) is 2.37. The Labute approximate surface area is 203 Å². The van der Waals surface area contributed by atoms with Gasteiger partial charge in [-0.05, 0) is 85.4 Å². The lowest BCUT2D eigenvalue weighted by atomic mass is 10.0. The number of anilines is 1. The average molecular weight is 526 g/mol. The number of pyridine rings is 1. The van der Waals surface area contributed by atoms with Gasteiger partial charge in [0.25, 0.3) is 0 Å². The van der Waals surface area contributed by atoms with Crippen LogP contribution in [-0.2, 0) is 0 Å². The Morgan fingerprint density at radius 1 is 1.03 bits per heavy atom. The van der Waals surface area contributed by atoms with Crippen LogP contribution in [0, 0.1) is 18.6 Å². The number of thiocarbonyl (C=S) groups is 1. The molecule has 4 nitrogen and oxygen atoms in total. The molecule has 8 heteroatoms. The van der Waals surface area contributed by atoms with E-state index in [0.29, 0.717) is 32.2 Å². The molecule has 2 atom stereocenters. The van der Waals surface area contributed by atoms with Gasteiger partial charge in [0, 0.05) is 16.4 Å². The van der Waals surface area contributed by atoms with Crippen molar-refractivity contribution in [3.8, 4) is 11.3 Å². The second-order valence-electron chi connectivity index (χ2n) is 7.76. The molecule has 1 aliphatic rings. The van der Waals surface area contributed by atoms with Crippen molar-refractivity contribution in [2.75, 3.05) is 4.90 Å². The zero-order chi connectivity index (χ0) is 23.1. The molecule has 4 aromatic rings. The van der Waals surface area contributed by atoms with Crippen molar-refractivity contribution < 1.29 is 13.2 Å². The third kappa shape index (κ3) is 4.05. The summed E-state index contributed by atoms with van der Waals surface area (Å²) in [6, 6.07) is 18.1. The van der Waals surface area contributed by atoms with Crippen LogP contribution >= 0.6 is 28.1 Å². The van der Waals surface area contributed by atoms with Crippen LogP contribution in [0.4, 0.5) is 14.5 Å². The number of hydrogen-bond donors (Lipinski definition) is 1. The van der Waals surface area contributed by atoms with Crippen LogP contribution in [0.25, 0.3) is 11.3 Å². The molecule has 0 spiro atoms. The summed E-state index contributed by atoms with van der Waals surface area (Å²) >= 11 is 8.95. The van der Waals surface area contributed by atoms with E-state index in [1.807, 2.05) is 29.2 Å². The lowest BCUT2D eigenvalue weighted by molar-refractivity contribution is 0.438. The molecule has 1 fully saturated rings. The molecular formula is C25H18BrF2N3OS. The van der Waals surface area contributed by atoms with Crippen molar-refractivity contribution in [2.45, 2.75) is 19.0 Å². The molecule has 0 radical (unpaired) electrons. The Morgan fingerprint density at radius 2 is 1.88 bits per heavy atom. The summed E-state index contributed by atoms with van der Waals surface area (Å²) < 4.78 is 35.4. The standard InChI is InChI=1S/C25H18BrF2N3OS/c1-14-12-16(6-8-18(14)27)31-24(23(30-25(31)33)20-4-2-3-11-29-20)22-10-9-21(32-22)17-7-5-15(26)13-19(17)28/h2-13,23-24H,1H3,(H,30,33)/t23-,24-/m0/s1. The maximum Gasteiger partial charge on any atom is 0.174 e. The van der Waals surface area contributed by atoms with Crippen LogP contribution < -0.4 is 10.2 Å². The van der Waals surface area contributed by atoms with Crippen molar-refractivity contribution in [1.82, 2.24) is 10.3 Å². The summed E-state index contributed by atoms with van der Waals surface area (Å²) in [4.78, 5) is 6.39. The molecule has 2 aromatic heterocycles. The van der Waals surface area contributed by atoms with E-state index in [1.54, 1.807) is 43.5 Å². The summed E-state index contributed by atoms with van der Waals surface area (Å²) in [5, 5.41) is 3.80. The molecule has 5 rings (SSSR count). The SMILES string of the molecule is Cc1cc(N2C(=S)N[C@@H](c3ccccn3)[C@@H]2c2ccc(-c3ccc(Br)cc3F)o2)ccc1F. The van der Waals surface area contributed by atoms with Crippen LogP contribution in [0.1, 0.15) is 29.1 Å². The van der Waals surface area contributed by atoms with E-state index < -0.39 is 11.9 Å². The Bertz CT molecular complexity index is 1340. The van der Waals surface area contributed by atoms with Crippen molar-refractivity contribution in [3.05, 3.63) is 106 Å². The Morgan fingerprint density at radius 3 is 2.61 bits per heavy atom. The highest BCUT2D eigenvalue weighted by Crippen LogP contribution is 2.43. The minimum Gasteiger partial charge on any atom is -0.459 e. The zero-order valence-corrected chi connectivity index (χ0v) is 19.8. The number of furan rings is 1. The zero-order valence-electron chi connectivity index (χ0n) is 17.4. The maximum atomic E-state index is 14.6. The van der Waals surface area contributed by atoms with Gasteiger partial charge < -0.3 is 14.6 Å². The highest BCUT2D eigenvalue weighted by atomic mass is 79.9. The molecule has 1 saturated heterocycles. The van der Waals surface area contributed by atoms with E-state index in [9.17, 15) is 8.78 Å². The summed E-state index contributed by atoms with van der Waals surface area (Å²) in [6.45, 7) is 1.71. The first-order chi connectivity index (χ1) is 15.9. The second-order valence-corrected chi connectivity index (χ2v) is 9.06. The monoisotopic (exact) mass is 525 g/mol. The van der Waals surface area contributed by atoms with Gasteiger partial charge in [-0.2, -0.15) is 0 Å². The van der Waals surface area contributed by atoms with Gasteiger partial charge in [-0.25, -0.2) is 8.78 Å². The minimum absolute atomic E-state index is 0.291. The van der Waals surface area contributed by atoms with Crippen molar-refractivity contribution in [1.29, 1.82) is 0 Å². The van der Waals surface area contributed by atoms with E-state index in [-0.39, 0.29) is 11.9 Å². The molecule has 2 aromatic carbocycles. The number of hydrogen-bond acceptors (Lipinski definition) is 3. The molecular weight excluding hydrogens is 508 g/mol. The van der Waals surface area contributed by atoms with E-state index in [2.05, 4.69) is 26.2 Å². The predicted molar refractivity (Wildman–Crippen MR) is 131 cm³/mol. The Kier molecular flexibility index (Phi) is 5.72. The van der Waals surface area contributed by atoms with Gasteiger partial charge in [0.1, 0.15) is 29.2 Å². The molecule has 1 N–H and O–H groups in total. The lowest BCUT2D eigenvalue weighted by Gasteiger charge is -2.26. The molecule has 0 amide bonds. The van der Waals surface area contributed by atoms with Gasteiger partial charge in [-0.15, -0.1) is 0 Å². The summed E-state index contributed by atoms with van der Waals surface area (Å²) in [6.07, 6.45) is 1.71. The quantitative estimate of drug-likeness (QED) is 0.294. The number of benzene rings is 2. The van der Waals surface area contributed by atoms with E-state index in [0.717, 1.165) is 11.4 Å². The molecule has 0 bridgehead atoms. The largest absolute Gasteiger partial charge is 0.459 e. The lowest BCUT2D eigenvalue weighted by Crippen LogP contribution is -2.29. The van der Waals surface area contributed by atoms with Gasteiger partial charge >= 0.3 is 0 Å². The van der Waals surface area contributed by atoms with Crippen LogP contribution in [0.15, 0.2) is 81.8 Å². The third-order valence-corrected chi connectivity index (χ3v) is 6.44. The smallest absolute Gasteiger partial charge is 0.174 e. The van der Waals surface area contributed by atoms with Crippen LogP contribution in [-0.4, -0.2) is 10.1 Å². The Balaban J connectivity index is 1.61. The number of aromatic nitrogens is 1. The van der Waals surface area contributed by atoms with Gasteiger partial charge in [0.05, 0.1) is 17.3 Å². The summed E-state index contributed by atoms with van der Waals surface area (Å²) in [5.74, 6) is 0.304. The molecule has 3 heterocycles. The normalized spacial score (nSPS) is 17.9. The fourth-order valence-electron chi connectivity index (χ4n) is 4.05. The number of nitrogens with one attached hydrogen (secondary N) is 1. The van der Waals surface area contributed by atoms with Crippen LogP contribution in [0.3, 0.4) is 0 Å². The summed E-state index contributed by atoms with van der Waals surface area (Å²) in [7, 11) is 0. The number of halogens is 3. The topological polar surface area (TPSA) is 41.3 Å². The fraction of sp³-hybridized carbons (Fsp3) is 0.120. The number of rotatable bonds is 4. The Hall–Kier alpha value is -3.10. The van der Waals surface area contributed by atoms with Gasteiger partial charge in [-0.3, -0.25) is 4.98 Å². The van der Waals surface area contributed by atoms with Crippen molar-refractivity contribution >= 4 is 38.9 Å². The predicted octanol–water partition coefficient (Wildman–Crippen LogP) is 6.87. The number of aryl methyl sites for hydroxylation is 1. The van der Waals surface area contributed by atoms with Gasteiger partial charge in [-0.1, -0.05) is 22.0 Å². The fourth-order valence-corrected chi connectivity index (χ4v) is 4.73. The van der Waals surface area contributed by atoms with E-state index in [4.69, 9.17) is 16.6 Å². The van der Waals surface area contributed by atoms with Crippen molar-refractivity contribution in [2.24, 2.45) is 0 Å². The van der Waals surface area contributed by atoms with Gasteiger partial charge in [0.15, 0.2) is 5.11 Å². The molecule has 33 heavy (non-hydrogen) atoms. The molecule has 0 unspecified atom stereocenters. The third-order valence-electron chi connectivity index (χ3n) is 5.63. The number of nitrogens with zero attached hydrogens (tertiary/aromatic N) is 2. The second kappa shape index (κ2) is 8.68. The first-order valence-corrected chi connectivity index (χ1v) is 11.4. The molecule has 166 valence electrons. The maximum absolute atomic E-state index is 14.6. The molecule has 0 aliphatic carbocycles.